The Hall–Kier alpha value is -2.49. The zero-order chi connectivity index (χ0) is 29.7. The van der Waals surface area contributed by atoms with Gasteiger partial charge >= 0.3 is 0 Å². The average Bonchev–Trinajstić information content (AvgIpc) is 3.47. The third-order valence-electron chi connectivity index (χ3n) is 7.02. The third-order valence-corrected chi connectivity index (χ3v) is 10.3. The van der Waals surface area contributed by atoms with Gasteiger partial charge in [0.25, 0.3) is 10.0 Å². The van der Waals surface area contributed by atoms with Crippen LogP contribution in [0.3, 0.4) is 0 Å². The molecule has 1 fully saturated rings. The fraction of sp³-hybridized carbons (Fsp3) is 0.310. The van der Waals surface area contributed by atoms with E-state index in [4.69, 9.17) is 46.4 Å². The van der Waals surface area contributed by atoms with E-state index < -0.39 is 28.5 Å². The number of rotatable bonds is 10. The summed E-state index contributed by atoms with van der Waals surface area (Å²) in [7, 11) is -4.27. The van der Waals surface area contributed by atoms with E-state index in [0.717, 1.165) is 30.0 Å². The molecular formula is C29H29Cl4N3O4S. The summed E-state index contributed by atoms with van der Waals surface area (Å²) in [5, 5.41) is 3.76. The van der Waals surface area contributed by atoms with Gasteiger partial charge in [-0.05, 0) is 61.7 Å². The van der Waals surface area contributed by atoms with Gasteiger partial charge in [-0.25, -0.2) is 8.42 Å². The first-order chi connectivity index (χ1) is 19.5. The molecule has 0 saturated heterocycles. The van der Waals surface area contributed by atoms with Crippen molar-refractivity contribution in [3.8, 4) is 0 Å². The molecule has 7 nitrogen and oxygen atoms in total. The summed E-state index contributed by atoms with van der Waals surface area (Å²) in [6.45, 7) is 0.958. The highest BCUT2D eigenvalue weighted by atomic mass is 35.5. The Morgan fingerprint density at radius 3 is 2.24 bits per heavy atom. The normalized spacial score (nSPS) is 14.5. The number of benzene rings is 3. The SMILES string of the molecule is C[C@H](C(=O)NC1CCCC1)N(Cc1ccc(Cl)c(Cl)c1)C(=O)CN(c1cccc(Cl)c1Cl)S(=O)(=O)c1ccccc1. The number of carbonyl (C=O) groups excluding carboxylic acids is 2. The number of hydrogen-bond donors (Lipinski definition) is 1. The summed E-state index contributed by atoms with van der Waals surface area (Å²) in [5.41, 5.74) is 0.653. The molecule has 3 aromatic carbocycles. The molecule has 0 aromatic heterocycles. The van der Waals surface area contributed by atoms with Gasteiger partial charge in [0, 0.05) is 12.6 Å². The Labute approximate surface area is 260 Å². The second-order valence-electron chi connectivity index (χ2n) is 9.83. The Bertz CT molecular complexity index is 1520. The van der Waals surface area contributed by atoms with Crippen molar-refractivity contribution >= 4 is 73.9 Å². The molecule has 4 rings (SSSR count). The number of sulfonamides is 1. The van der Waals surface area contributed by atoms with Crippen LogP contribution in [0.5, 0.6) is 0 Å². The van der Waals surface area contributed by atoms with E-state index in [2.05, 4.69) is 5.32 Å². The maximum Gasteiger partial charge on any atom is 0.264 e. The molecule has 0 spiro atoms. The van der Waals surface area contributed by atoms with Gasteiger partial charge in [0.15, 0.2) is 0 Å². The molecule has 1 atom stereocenters. The summed E-state index contributed by atoms with van der Waals surface area (Å²) < 4.78 is 28.7. The summed E-state index contributed by atoms with van der Waals surface area (Å²) in [6.07, 6.45) is 3.79. The van der Waals surface area contributed by atoms with E-state index in [-0.39, 0.29) is 39.1 Å². The van der Waals surface area contributed by atoms with E-state index in [0.29, 0.717) is 15.6 Å². The second-order valence-corrected chi connectivity index (χ2v) is 13.3. The standard InChI is InChI=1S/C29H29Cl4N3O4S/c1-19(29(38)34-21-8-5-6-9-21)35(17-20-14-15-23(30)25(32)16-20)27(37)18-36(26-13-7-12-24(31)28(26)33)41(39,40)22-10-3-2-4-11-22/h2-4,7,10-16,19,21H,5-6,8-9,17-18H2,1H3,(H,34,38)/t19-/m1/s1. The van der Waals surface area contributed by atoms with Gasteiger partial charge in [0.1, 0.15) is 12.6 Å². The molecule has 0 aliphatic heterocycles. The third kappa shape index (κ3) is 7.48. The highest BCUT2D eigenvalue weighted by molar-refractivity contribution is 7.92. The van der Waals surface area contributed by atoms with Crippen LogP contribution in [0, 0.1) is 0 Å². The van der Waals surface area contributed by atoms with E-state index in [1.54, 1.807) is 49.4 Å². The van der Waals surface area contributed by atoms with E-state index in [1.807, 2.05) is 0 Å². The van der Waals surface area contributed by atoms with Gasteiger partial charge in [0.05, 0.1) is 30.7 Å². The monoisotopic (exact) mass is 655 g/mol. The van der Waals surface area contributed by atoms with Gasteiger partial charge in [-0.15, -0.1) is 0 Å². The lowest BCUT2D eigenvalue weighted by atomic mass is 10.1. The Balaban J connectivity index is 1.72. The zero-order valence-corrected chi connectivity index (χ0v) is 26.0. The number of halogens is 4. The minimum absolute atomic E-state index is 0.0164. The van der Waals surface area contributed by atoms with E-state index >= 15 is 0 Å². The minimum Gasteiger partial charge on any atom is -0.352 e. The van der Waals surface area contributed by atoms with Crippen LogP contribution in [-0.4, -0.2) is 43.8 Å². The fourth-order valence-electron chi connectivity index (χ4n) is 4.73. The summed E-state index contributed by atoms with van der Waals surface area (Å²) >= 11 is 25.0. The lowest BCUT2D eigenvalue weighted by molar-refractivity contribution is -0.139. The number of nitrogens with one attached hydrogen (secondary N) is 1. The van der Waals surface area contributed by atoms with Crippen LogP contribution in [0.2, 0.25) is 20.1 Å². The van der Waals surface area contributed by atoms with Crippen molar-refractivity contribution in [3.05, 3.63) is 92.4 Å². The summed E-state index contributed by atoms with van der Waals surface area (Å²) in [6, 6.07) is 16.3. The number of nitrogens with zero attached hydrogens (tertiary/aromatic N) is 2. The topological polar surface area (TPSA) is 86.8 Å². The molecule has 1 N–H and O–H groups in total. The Kier molecular flexibility index (Phi) is 10.5. The molecule has 0 bridgehead atoms. The molecule has 41 heavy (non-hydrogen) atoms. The predicted octanol–water partition coefficient (Wildman–Crippen LogP) is 6.97. The first-order valence-corrected chi connectivity index (χ1v) is 16.0. The van der Waals surface area contributed by atoms with Crippen molar-refractivity contribution in [2.75, 3.05) is 10.8 Å². The van der Waals surface area contributed by atoms with Crippen molar-refractivity contribution in [1.82, 2.24) is 10.2 Å². The summed E-state index contributed by atoms with van der Waals surface area (Å²) in [5.74, 6) is -0.954. The molecule has 2 amide bonds. The van der Waals surface area contributed by atoms with E-state index in [1.165, 1.54) is 29.2 Å². The molecule has 0 heterocycles. The Morgan fingerprint density at radius 1 is 0.902 bits per heavy atom. The van der Waals surface area contributed by atoms with Crippen molar-refractivity contribution in [2.24, 2.45) is 0 Å². The van der Waals surface area contributed by atoms with Crippen LogP contribution in [0.25, 0.3) is 0 Å². The highest BCUT2D eigenvalue weighted by Crippen LogP contribution is 2.35. The largest absolute Gasteiger partial charge is 0.352 e. The molecule has 3 aromatic rings. The Morgan fingerprint density at radius 2 is 1.59 bits per heavy atom. The van der Waals surface area contributed by atoms with Crippen molar-refractivity contribution in [2.45, 2.75) is 56.1 Å². The van der Waals surface area contributed by atoms with Crippen LogP contribution in [-0.2, 0) is 26.2 Å². The average molecular weight is 657 g/mol. The second kappa shape index (κ2) is 13.7. The van der Waals surface area contributed by atoms with E-state index in [9.17, 15) is 18.0 Å². The van der Waals surface area contributed by atoms with Crippen molar-refractivity contribution < 1.29 is 18.0 Å². The lowest BCUT2D eigenvalue weighted by Gasteiger charge is -2.32. The predicted molar refractivity (Wildman–Crippen MR) is 164 cm³/mol. The number of carbonyl (C=O) groups is 2. The number of anilines is 1. The molecule has 1 aliphatic rings. The van der Waals surface area contributed by atoms with Crippen LogP contribution in [0.15, 0.2) is 71.6 Å². The molecule has 1 saturated carbocycles. The van der Waals surface area contributed by atoms with Gasteiger partial charge in [-0.2, -0.15) is 0 Å². The molecule has 1 aliphatic carbocycles. The van der Waals surface area contributed by atoms with Crippen LogP contribution >= 0.6 is 46.4 Å². The van der Waals surface area contributed by atoms with Crippen molar-refractivity contribution in [3.63, 3.8) is 0 Å². The van der Waals surface area contributed by atoms with Gasteiger partial charge < -0.3 is 10.2 Å². The highest BCUT2D eigenvalue weighted by Gasteiger charge is 2.34. The first-order valence-electron chi connectivity index (χ1n) is 13.0. The molecule has 0 unspecified atom stereocenters. The maximum absolute atomic E-state index is 14.0. The minimum atomic E-state index is -4.27. The fourth-order valence-corrected chi connectivity index (χ4v) is 6.94. The molecule has 218 valence electrons. The zero-order valence-electron chi connectivity index (χ0n) is 22.2. The first kappa shape index (κ1) is 31.4. The van der Waals surface area contributed by atoms with Crippen LogP contribution in [0.1, 0.15) is 38.2 Å². The smallest absolute Gasteiger partial charge is 0.264 e. The van der Waals surface area contributed by atoms with Gasteiger partial charge in [0.2, 0.25) is 11.8 Å². The van der Waals surface area contributed by atoms with Gasteiger partial charge in [-0.3, -0.25) is 13.9 Å². The molecular weight excluding hydrogens is 628 g/mol. The van der Waals surface area contributed by atoms with Crippen LogP contribution in [0.4, 0.5) is 5.69 Å². The maximum atomic E-state index is 14.0. The van der Waals surface area contributed by atoms with Crippen molar-refractivity contribution in [1.29, 1.82) is 0 Å². The molecule has 12 heteroatoms. The number of hydrogen-bond acceptors (Lipinski definition) is 4. The summed E-state index contributed by atoms with van der Waals surface area (Å²) in [4.78, 5) is 28.6. The van der Waals surface area contributed by atoms with Gasteiger partial charge in [-0.1, -0.05) is 89.6 Å². The lowest BCUT2D eigenvalue weighted by Crippen LogP contribution is -2.52. The molecule has 0 radical (unpaired) electrons. The quantitative estimate of drug-likeness (QED) is 0.255. The number of amides is 2. The van der Waals surface area contributed by atoms with Crippen LogP contribution < -0.4 is 9.62 Å².